The van der Waals surface area contributed by atoms with Crippen LogP contribution in [0.2, 0.25) is 0 Å². The van der Waals surface area contributed by atoms with Crippen LogP contribution in [0, 0.1) is 5.41 Å². The number of aromatic nitrogens is 2. The van der Waals surface area contributed by atoms with Gasteiger partial charge in [-0.05, 0) is 48.6 Å². The van der Waals surface area contributed by atoms with Gasteiger partial charge in [-0.1, -0.05) is 31.4 Å². The number of nitrogens with two attached hydrogens (primary N) is 1. The minimum Gasteiger partial charge on any atom is -0.352 e. The second-order valence-electron chi connectivity index (χ2n) is 6.84. The number of carbonyl (C=O) groups excluding carboxylic acids is 1. The minimum absolute atomic E-state index is 0. The summed E-state index contributed by atoms with van der Waals surface area (Å²) in [4.78, 5) is 12.3. The van der Waals surface area contributed by atoms with E-state index >= 15 is 0 Å². The van der Waals surface area contributed by atoms with Crippen molar-refractivity contribution in [2.45, 2.75) is 45.1 Å². The third-order valence-corrected chi connectivity index (χ3v) is 5.08. The average molecular weight is 363 g/mol. The molecular formula is C19H27ClN4O. The molecule has 1 aliphatic rings. The molecule has 1 fully saturated rings. The number of hydrogen-bond donors (Lipinski definition) is 2. The zero-order valence-electron chi connectivity index (χ0n) is 14.5. The van der Waals surface area contributed by atoms with E-state index in [0.29, 0.717) is 19.5 Å². The zero-order valence-corrected chi connectivity index (χ0v) is 15.3. The summed E-state index contributed by atoms with van der Waals surface area (Å²) in [6, 6.07) is 9.97. The molecule has 3 rings (SSSR count). The molecule has 0 aliphatic heterocycles. The molecule has 3 N–H and O–H groups in total. The lowest BCUT2D eigenvalue weighted by molar-refractivity contribution is -0.124. The van der Waals surface area contributed by atoms with Crippen LogP contribution in [0.3, 0.4) is 0 Å². The maximum absolute atomic E-state index is 12.3. The largest absolute Gasteiger partial charge is 0.352 e. The second-order valence-corrected chi connectivity index (χ2v) is 6.84. The highest BCUT2D eigenvalue weighted by Gasteiger charge is 2.32. The standard InChI is InChI=1S/C19H26N4O.ClH/c20-15-19(9-2-1-3-10-19)13-18(24)21-14-16-5-7-17(8-6-16)23-12-4-11-22-23;/h4-8,11-12H,1-3,9-10,13-15,20H2,(H,21,24);1H. The Morgan fingerprint density at radius 3 is 2.52 bits per heavy atom. The van der Waals surface area contributed by atoms with Gasteiger partial charge >= 0.3 is 0 Å². The van der Waals surface area contributed by atoms with Crippen LogP contribution in [0.25, 0.3) is 5.69 Å². The number of halogens is 1. The Labute approximate surface area is 155 Å². The summed E-state index contributed by atoms with van der Waals surface area (Å²) < 4.78 is 1.82. The van der Waals surface area contributed by atoms with Gasteiger partial charge < -0.3 is 11.1 Å². The molecule has 1 amide bonds. The smallest absolute Gasteiger partial charge is 0.220 e. The number of nitrogens with one attached hydrogen (secondary N) is 1. The van der Waals surface area contributed by atoms with Crippen LogP contribution in [-0.2, 0) is 11.3 Å². The van der Waals surface area contributed by atoms with Crippen molar-refractivity contribution >= 4 is 18.3 Å². The van der Waals surface area contributed by atoms with Crippen molar-refractivity contribution < 1.29 is 4.79 Å². The fraction of sp³-hybridized carbons (Fsp3) is 0.474. The van der Waals surface area contributed by atoms with Crippen molar-refractivity contribution in [2.75, 3.05) is 6.54 Å². The topological polar surface area (TPSA) is 72.9 Å². The Balaban J connectivity index is 0.00000225. The first-order valence-corrected chi connectivity index (χ1v) is 8.77. The molecule has 1 aliphatic carbocycles. The van der Waals surface area contributed by atoms with Crippen LogP contribution in [0.15, 0.2) is 42.7 Å². The van der Waals surface area contributed by atoms with Crippen molar-refractivity contribution in [2.24, 2.45) is 11.1 Å². The zero-order chi connectivity index (χ0) is 16.8. The Hall–Kier alpha value is -1.85. The monoisotopic (exact) mass is 362 g/mol. The summed E-state index contributed by atoms with van der Waals surface area (Å²) >= 11 is 0. The van der Waals surface area contributed by atoms with Crippen molar-refractivity contribution in [1.82, 2.24) is 15.1 Å². The summed E-state index contributed by atoms with van der Waals surface area (Å²) in [5.41, 5.74) is 8.09. The maximum atomic E-state index is 12.3. The Morgan fingerprint density at radius 2 is 1.92 bits per heavy atom. The first-order valence-electron chi connectivity index (χ1n) is 8.77. The third kappa shape index (κ3) is 5.06. The van der Waals surface area contributed by atoms with Crippen LogP contribution < -0.4 is 11.1 Å². The molecule has 0 spiro atoms. The van der Waals surface area contributed by atoms with Crippen LogP contribution in [0.4, 0.5) is 0 Å². The predicted molar refractivity (Wildman–Crippen MR) is 102 cm³/mol. The van der Waals surface area contributed by atoms with Gasteiger partial charge in [-0.2, -0.15) is 5.10 Å². The fourth-order valence-electron chi connectivity index (χ4n) is 3.55. The van der Waals surface area contributed by atoms with Gasteiger partial charge in [-0.15, -0.1) is 12.4 Å². The number of amides is 1. The third-order valence-electron chi connectivity index (χ3n) is 5.08. The molecule has 0 atom stereocenters. The Kier molecular flexibility index (Phi) is 7.02. The lowest BCUT2D eigenvalue weighted by Gasteiger charge is -2.35. The van der Waals surface area contributed by atoms with Crippen molar-refractivity contribution in [1.29, 1.82) is 0 Å². The van der Waals surface area contributed by atoms with E-state index in [9.17, 15) is 4.79 Å². The Bertz CT molecular complexity index is 649. The lowest BCUT2D eigenvalue weighted by atomic mass is 9.71. The van der Waals surface area contributed by atoms with Crippen LogP contribution >= 0.6 is 12.4 Å². The first-order chi connectivity index (χ1) is 11.7. The van der Waals surface area contributed by atoms with Gasteiger partial charge in [0.2, 0.25) is 5.91 Å². The van der Waals surface area contributed by atoms with E-state index in [4.69, 9.17) is 5.73 Å². The van der Waals surface area contributed by atoms with E-state index < -0.39 is 0 Å². The molecule has 1 aromatic heterocycles. The Morgan fingerprint density at radius 1 is 1.20 bits per heavy atom. The van der Waals surface area contributed by atoms with Crippen molar-refractivity contribution in [3.63, 3.8) is 0 Å². The average Bonchev–Trinajstić information content (AvgIpc) is 3.16. The molecule has 0 saturated heterocycles. The molecule has 2 aromatic rings. The normalized spacial score (nSPS) is 16.0. The van der Waals surface area contributed by atoms with Gasteiger partial charge in [0.1, 0.15) is 0 Å². The van der Waals surface area contributed by atoms with Gasteiger partial charge in [0.15, 0.2) is 0 Å². The molecule has 1 aromatic carbocycles. The van der Waals surface area contributed by atoms with E-state index in [-0.39, 0.29) is 23.7 Å². The molecule has 0 unspecified atom stereocenters. The highest BCUT2D eigenvalue weighted by Crippen LogP contribution is 2.38. The van der Waals surface area contributed by atoms with E-state index in [1.165, 1.54) is 19.3 Å². The van der Waals surface area contributed by atoms with E-state index in [1.807, 2.05) is 41.2 Å². The molecular weight excluding hydrogens is 336 g/mol. The number of carbonyl (C=O) groups is 1. The van der Waals surface area contributed by atoms with Crippen LogP contribution in [0.1, 0.15) is 44.1 Å². The highest BCUT2D eigenvalue weighted by molar-refractivity contribution is 5.85. The second kappa shape index (κ2) is 9.02. The summed E-state index contributed by atoms with van der Waals surface area (Å²) in [6.45, 7) is 1.16. The molecule has 1 saturated carbocycles. The van der Waals surface area contributed by atoms with Gasteiger partial charge in [0.25, 0.3) is 0 Å². The van der Waals surface area contributed by atoms with Crippen LogP contribution in [-0.4, -0.2) is 22.2 Å². The predicted octanol–water partition coefficient (Wildman–Crippen LogP) is 3.21. The lowest BCUT2D eigenvalue weighted by Crippen LogP contribution is -2.38. The van der Waals surface area contributed by atoms with Gasteiger partial charge in [-0.3, -0.25) is 4.79 Å². The number of hydrogen-bond acceptors (Lipinski definition) is 3. The summed E-state index contributed by atoms with van der Waals surface area (Å²) in [7, 11) is 0. The quantitative estimate of drug-likeness (QED) is 0.828. The van der Waals surface area contributed by atoms with Gasteiger partial charge in [0.05, 0.1) is 5.69 Å². The molecule has 25 heavy (non-hydrogen) atoms. The van der Waals surface area contributed by atoms with Crippen molar-refractivity contribution in [3.05, 3.63) is 48.3 Å². The number of benzene rings is 1. The number of nitrogens with zero attached hydrogens (tertiary/aromatic N) is 2. The van der Waals surface area contributed by atoms with E-state index in [1.54, 1.807) is 6.20 Å². The molecule has 6 heteroatoms. The fourth-order valence-corrected chi connectivity index (χ4v) is 3.55. The molecule has 136 valence electrons. The molecule has 5 nitrogen and oxygen atoms in total. The SMILES string of the molecule is Cl.NCC1(CC(=O)NCc2ccc(-n3cccn3)cc2)CCCCC1. The summed E-state index contributed by atoms with van der Waals surface area (Å²) in [5.74, 6) is 0.110. The number of rotatable bonds is 6. The summed E-state index contributed by atoms with van der Waals surface area (Å²) in [5, 5.41) is 7.25. The van der Waals surface area contributed by atoms with E-state index in [2.05, 4.69) is 10.4 Å². The summed E-state index contributed by atoms with van der Waals surface area (Å²) in [6.07, 6.45) is 10.0. The van der Waals surface area contributed by atoms with Gasteiger partial charge in [-0.25, -0.2) is 4.68 Å². The minimum atomic E-state index is 0. The highest BCUT2D eigenvalue weighted by atomic mass is 35.5. The molecule has 0 radical (unpaired) electrons. The van der Waals surface area contributed by atoms with E-state index in [0.717, 1.165) is 24.1 Å². The maximum Gasteiger partial charge on any atom is 0.220 e. The first kappa shape index (κ1) is 19.5. The molecule has 1 heterocycles. The molecule has 0 bridgehead atoms. The van der Waals surface area contributed by atoms with Crippen molar-refractivity contribution in [3.8, 4) is 5.69 Å². The van der Waals surface area contributed by atoms with Crippen LogP contribution in [0.5, 0.6) is 0 Å². The van der Waals surface area contributed by atoms with Gasteiger partial charge in [0, 0.05) is 25.4 Å².